The van der Waals surface area contributed by atoms with Crippen LogP contribution in [0, 0.1) is 13.8 Å². The highest BCUT2D eigenvalue weighted by molar-refractivity contribution is 7.97. The van der Waals surface area contributed by atoms with Crippen LogP contribution in [0.5, 0.6) is 5.75 Å². The standard InChI is InChI=1S/C21H25N3O3S2/c1-15-21(16(2)24(3)22-15)23-29(25,26)20-11-7-18(8-12-20)14-28-13-17-5-9-19(27-4)10-6-17/h5-12,23H,13-14H2,1-4H3. The molecule has 0 fully saturated rings. The van der Waals surface area contributed by atoms with E-state index in [4.69, 9.17) is 4.74 Å². The van der Waals surface area contributed by atoms with Gasteiger partial charge in [-0.3, -0.25) is 9.40 Å². The van der Waals surface area contributed by atoms with Gasteiger partial charge >= 0.3 is 0 Å². The molecule has 0 aliphatic carbocycles. The van der Waals surface area contributed by atoms with Crippen molar-refractivity contribution in [3.63, 3.8) is 0 Å². The molecule has 0 radical (unpaired) electrons. The van der Waals surface area contributed by atoms with Crippen LogP contribution in [0.2, 0.25) is 0 Å². The fourth-order valence-corrected chi connectivity index (χ4v) is 5.02. The summed E-state index contributed by atoms with van der Waals surface area (Å²) in [6, 6.07) is 15.0. The first-order valence-corrected chi connectivity index (χ1v) is 11.8. The molecular formula is C21H25N3O3S2. The normalized spacial score (nSPS) is 11.4. The quantitative estimate of drug-likeness (QED) is 0.576. The van der Waals surface area contributed by atoms with Gasteiger partial charge in [0.1, 0.15) is 5.75 Å². The van der Waals surface area contributed by atoms with Crippen molar-refractivity contribution < 1.29 is 13.2 Å². The van der Waals surface area contributed by atoms with E-state index in [-0.39, 0.29) is 4.90 Å². The Morgan fingerprint density at radius 3 is 2.03 bits per heavy atom. The smallest absolute Gasteiger partial charge is 0.262 e. The van der Waals surface area contributed by atoms with Crippen LogP contribution in [0.1, 0.15) is 22.5 Å². The van der Waals surface area contributed by atoms with Crippen molar-refractivity contribution >= 4 is 27.5 Å². The second kappa shape index (κ2) is 8.92. The van der Waals surface area contributed by atoms with Crippen LogP contribution in [-0.2, 0) is 28.6 Å². The van der Waals surface area contributed by atoms with E-state index in [2.05, 4.69) is 22.0 Å². The molecule has 0 aliphatic heterocycles. The van der Waals surface area contributed by atoms with Crippen molar-refractivity contribution in [3.8, 4) is 5.75 Å². The molecule has 3 aromatic rings. The molecule has 1 heterocycles. The van der Waals surface area contributed by atoms with E-state index in [1.54, 1.807) is 49.7 Å². The SMILES string of the molecule is COc1ccc(CSCc2ccc(S(=O)(=O)Nc3c(C)nn(C)c3C)cc2)cc1. The molecule has 6 nitrogen and oxygen atoms in total. The second-order valence-electron chi connectivity index (χ2n) is 6.76. The highest BCUT2D eigenvalue weighted by atomic mass is 32.2. The topological polar surface area (TPSA) is 73.2 Å². The Balaban J connectivity index is 1.61. The lowest BCUT2D eigenvalue weighted by Crippen LogP contribution is -2.14. The Hall–Kier alpha value is -2.45. The molecule has 0 aliphatic rings. The van der Waals surface area contributed by atoms with Crippen molar-refractivity contribution in [1.82, 2.24) is 9.78 Å². The first-order valence-electron chi connectivity index (χ1n) is 9.13. The third kappa shape index (κ3) is 5.13. The summed E-state index contributed by atoms with van der Waals surface area (Å²) in [5.74, 6) is 2.53. The van der Waals surface area contributed by atoms with Crippen molar-refractivity contribution in [2.45, 2.75) is 30.2 Å². The zero-order valence-electron chi connectivity index (χ0n) is 17.0. The first kappa shape index (κ1) is 21.3. The maximum atomic E-state index is 12.7. The van der Waals surface area contributed by atoms with E-state index in [1.807, 2.05) is 31.2 Å². The predicted molar refractivity (Wildman–Crippen MR) is 118 cm³/mol. The summed E-state index contributed by atoms with van der Waals surface area (Å²) in [5.41, 5.74) is 4.27. The maximum absolute atomic E-state index is 12.7. The Bertz CT molecular complexity index is 1070. The van der Waals surface area contributed by atoms with E-state index in [0.29, 0.717) is 11.4 Å². The minimum absolute atomic E-state index is 0.240. The molecule has 154 valence electrons. The highest BCUT2D eigenvalue weighted by Crippen LogP contribution is 2.24. The molecule has 0 unspecified atom stereocenters. The number of nitrogens with zero attached hydrogens (tertiary/aromatic N) is 2. The van der Waals surface area contributed by atoms with Crippen molar-refractivity contribution in [1.29, 1.82) is 0 Å². The number of thioether (sulfide) groups is 1. The van der Waals surface area contributed by atoms with E-state index in [1.165, 1.54) is 5.56 Å². The molecule has 0 atom stereocenters. The lowest BCUT2D eigenvalue weighted by atomic mass is 10.2. The van der Waals surface area contributed by atoms with Gasteiger partial charge in [-0.25, -0.2) is 8.42 Å². The van der Waals surface area contributed by atoms with Gasteiger partial charge in [0.15, 0.2) is 0 Å². The van der Waals surface area contributed by atoms with Crippen LogP contribution < -0.4 is 9.46 Å². The number of rotatable bonds is 8. The number of aromatic nitrogens is 2. The van der Waals surface area contributed by atoms with Gasteiger partial charge in [-0.15, -0.1) is 0 Å². The van der Waals surface area contributed by atoms with Crippen LogP contribution in [0.4, 0.5) is 5.69 Å². The monoisotopic (exact) mass is 431 g/mol. The minimum Gasteiger partial charge on any atom is -0.497 e. The summed E-state index contributed by atoms with van der Waals surface area (Å²) in [5, 5.41) is 4.25. The zero-order chi connectivity index (χ0) is 21.0. The highest BCUT2D eigenvalue weighted by Gasteiger charge is 2.19. The average Bonchev–Trinajstić information content (AvgIpc) is 2.94. The first-order chi connectivity index (χ1) is 13.8. The van der Waals surface area contributed by atoms with E-state index in [9.17, 15) is 8.42 Å². The van der Waals surface area contributed by atoms with Crippen LogP contribution in [0.3, 0.4) is 0 Å². The number of hydrogen-bond donors (Lipinski definition) is 1. The fourth-order valence-electron chi connectivity index (χ4n) is 2.89. The number of hydrogen-bond acceptors (Lipinski definition) is 5. The molecule has 0 saturated carbocycles. The number of benzene rings is 2. The Kier molecular flexibility index (Phi) is 6.54. The molecule has 0 spiro atoms. The molecule has 0 bridgehead atoms. The number of sulfonamides is 1. The van der Waals surface area contributed by atoms with Crippen LogP contribution in [-0.4, -0.2) is 25.3 Å². The average molecular weight is 432 g/mol. The van der Waals surface area contributed by atoms with E-state index in [0.717, 1.165) is 28.5 Å². The summed E-state index contributed by atoms with van der Waals surface area (Å²) >= 11 is 1.78. The number of ether oxygens (including phenoxy) is 1. The van der Waals surface area contributed by atoms with Gasteiger partial charge < -0.3 is 4.74 Å². The van der Waals surface area contributed by atoms with Gasteiger partial charge in [0.25, 0.3) is 10.0 Å². The molecule has 29 heavy (non-hydrogen) atoms. The number of nitrogens with one attached hydrogen (secondary N) is 1. The van der Waals surface area contributed by atoms with E-state index < -0.39 is 10.0 Å². The van der Waals surface area contributed by atoms with Gasteiger partial charge in [0.05, 0.1) is 29.1 Å². The molecule has 3 rings (SSSR count). The number of aryl methyl sites for hydroxylation is 2. The number of methoxy groups -OCH3 is 1. The Morgan fingerprint density at radius 2 is 1.55 bits per heavy atom. The second-order valence-corrected chi connectivity index (χ2v) is 9.43. The van der Waals surface area contributed by atoms with Gasteiger partial charge in [0.2, 0.25) is 0 Å². The van der Waals surface area contributed by atoms with Crippen LogP contribution >= 0.6 is 11.8 Å². The third-order valence-electron chi connectivity index (χ3n) is 4.68. The van der Waals surface area contributed by atoms with Gasteiger partial charge in [0, 0.05) is 18.6 Å². The summed E-state index contributed by atoms with van der Waals surface area (Å²) in [4.78, 5) is 0.240. The van der Waals surface area contributed by atoms with Crippen molar-refractivity contribution in [2.75, 3.05) is 11.8 Å². The summed E-state index contributed by atoms with van der Waals surface area (Å²) < 4.78 is 34.9. The Morgan fingerprint density at radius 1 is 1.00 bits per heavy atom. The largest absolute Gasteiger partial charge is 0.497 e. The van der Waals surface area contributed by atoms with Crippen molar-refractivity contribution in [3.05, 3.63) is 71.0 Å². The maximum Gasteiger partial charge on any atom is 0.262 e. The van der Waals surface area contributed by atoms with E-state index >= 15 is 0 Å². The molecule has 8 heteroatoms. The summed E-state index contributed by atoms with van der Waals surface area (Å²) in [6.45, 7) is 3.62. The molecule has 2 aromatic carbocycles. The molecule has 0 amide bonds. The molecule has 0 saturated heterocycles. The summed E-state index contributed by atoms with van der Waals surface area (Å²) in [6.07, 6.45) is 0. The lowest BCUT2D eigenvalue weighted by Gasteiger charge is -2.09. The minimum atomic E-state index is -3.65. The molecule has 1 N–H and O–H groups in total. The zero-order valence-corrected chi connectivity index (χ0v) is 18.6. The van der Waals surface area contributed by atoms with Gasteiger partial charge in [-0.05, 0) is 49.2 Å². The number of anilines is 1. The molecular weight excluding hydrogens is 406 g/mol. The van der Waals surface area contributed by atoms with Gasteiger partial charge in [-0.1, -0.05) is 24.3 Å². The fraction of sp³-hybridized carbons (Fsp3) is 0.286. The lowest BCUT2D eigenvalue weighted by molar-refractivity contribution is 0.414. The van der Waals surface area contributed by atoms with Crippen LogP contribution in [0.15, 0.2) is 53.4 Å². The summed E-state index contributed by atoms with van der Waals surface area (Å²) in [7, 11) is -0.209. The predicted octanol–water partition coefficient (Wildman–Crippen LogP) is 4.28. The molecule has 1 aromatic heterocycles. The Labute approximate surface area is 176 Å². The van der Waals surface area contributed by atoms with Gasteiger partial charge in [-0.2, -0.15) is 16.9 Å². The third-order valence-corrected chi connectivity index (χ3v) is 7.12. The van der Waals surface area contributed by atoms with Crippen LogP contribution in [0.25, 0.3) is 0 Å². The van der Waals surface area contributed by atoms with Crippen molar-refractivity contribution in [2.24, 2.45) is 7.05 Å².